The molecule has 0 fully saturated rings. The maximum absolute atomic E-state index is 11.7. The van der Waals surface area contributed by atoms with E-state index in [4.69, 9.17) is 14.6 Å². The number of phenols is 2. The minimum Gasteiger partial charge on any atom is -0.504 e. The SMILES string of the molecule is [2H]C(N)(C(=O)OCCC)C([2H])([2H])c1ccc(O)c(O)c1. The molecule has 0 aliphatic rings. The first kappa shape index (κ1) is 9.30. The van der Waals surface area contributed by atoms with Crippen molar-refractivity contribution in [3.05, 3.63) is 23.8 Å². The summed E-state index contributed by atoms with van der Waals surface area (Å²) < 4.78 is 28.2. The molecule has 0 saturated heterocycles. The third-order valence-electron chi connectivity index (χ3n) is 1.91. The molecule has 5 nitrogen and oxygen atoms in total. The van der Waals surface area contributed by atoms with Gasteiger partial charge in [0.1, 0.15) is 6.02 Å². The summed E-state index contributed by atoms with van der Waals surface area (Å²) in [6.45, 7) is 1.79. The number of benzene rings is 1. The van der Waals surface area contributed by atoms with Crippen molar-refractivity contribution >= 4 is 5.97 Å². The average Bonchev–Trinajstić information content (AvgIpc) is 2.38. The third-order valence-corrected chi connectivity index (χ3v) is 1.91. The van der Waals surface area contributed by atoms with E-state index in [2.05, 4.69) is 0 Å². The molecule has 17 heavy (non-hydrogen) atoms. The van der Waals surface area contributed by atoms with Crippen LogP contribution in [0.15, 0.2) is 18.2 Å². The van der Waals surface area contributed by atoms with Crippen LogP contribution in [0, 0.1) is 0 Å². The van der Waals surface area contributed by atoms with Gasteiger partial charge in [0.15, 0.2) is 11.5 Å². The topological polar surface area (TPSA) is 92.8 Å². The van der Waals surface area contributed by atoms with E-state index in [-0.39, 0.29) is 12.2 Å². The van der Waals surface area contributed by atoms with Gasteiger partial charge < -0.3 is 20.7 Å². The maximum Gasteiger partial charge on any atom is 0.323 e. The van der Waals surface area contributed by atoms with Crippen LogP contribution >= 0.6 is 0 Å². The van der Waals surface area contributed by atoms with E-state index in [9.17, 15) is 15.0 Å². The van der Waals surface area contributed by atoms with Crippen LogP contribution in [0.5, 0.6) is 11.5 Å². The van der Waals surface area contributed by atoms with Gasteiger partial charge in [-0.25, -0.2) is 0 Å². The zero-order valence-electron chi connectivity index (χ0n) is 12.4. The standard InChI is InChI=1S/C12H17NO4/c1-2-5-17-12(16)9(13)6-8-3-4-10(14)11(15)7-8/h3-4,7,9,14-15H,2,5-6,13H2,1H3/i6D2,9D. The van der Waals surface area contributed by atoms with Crippen LogP contribution in [0.25, 0.3) is 0 Å². The molecule has 1 aromatic carbocycles. The van der Waals surface area contributed by atoms with Gasteiger partial charge in [-0.3, -0.25) is 4.79 Å². The van der Waals surface area contributed by atoms with Gasteiger partial charge in [0.25, 0.3) is 0 Å². The Bertz CT molecular complexity index is 505. The van der Waals surface area contributed by atoms with Crippen molar-refractivity contribution in [2.24, 2.45) is 5.73 Å². The Morgan fingerprint density at radius 2 is 2.29 bits per heavy atom. The predicted molar refractivity (Wildman–Crippen MR) is 62.7 cm³/mol. The van der Waals surface area contributed by atoms with Gasteiger partial charge in [0.05, 0.1) is 7.98 Å². The van der Waals surface area contributed by atoms with Gasteiger partial charge in [0, 0.05) is 2.74 Å². The molecule has 0 aliphatic heterocycles. The highest BCUT2D eigenvalue weighted by Gasteiger charge is 2.15. The van der Waals surface area contributed by atoms with Gasteiger partial charge in [-0.1, -0.05) is 13.0 Å². The molecule has 1 unspecified atom stereocenters. The van der Waals surface area contributed by atoms with Crippen molar-refractivity contribution < 1.29 is 23.9 Å². The number of nitrogens with two attached hydrogens (primary N) is 1. The van der Waals surface area contributed by atoms with Gasteiger partial charge in [-0.15, -0.1) is 0 Å². The number of hydrogen-bond acceptors (Lipinski definition) is 5. The lowest BCUT2D eigenvalue weighted by atomic mass is 10.1. The number of hydrogen-bond donors (Lipinski definition) is 3. The summed E-state index contributed by atoms with van der Waals surface area (Å²) in [5, 5.41) is 18.6. The zero-order valence-corrected chi connectivity index (χ0v) is 9.43. The highest BCUT2D eigenvalue weighted by atomic mass is 16.5. The smallest absolute Gasteiger partial charge is 0.323 e. The molecule has 0 amide bonds. The summed E-state index contributed by atoms with van der Waals surface area (Å²) in [5.74, 6) is -2.20. The van der Waals surface area contributed by atoms with Crippen LogP contribution in [0.3, 0.4) is 0 Å². The van der Waals surface area contributed by atoms with Crippen molar-refractivity contribution in [2.75, 3.05) is 6.61 Å². The van der Waals surface area contributed by atoms with Gasteiger partial charge in [0.2, 0.25) is 0 Å². The van der Waals surface area contributed by atoms with E-state index in [1.54, 1.807) is 6.92 Å². The Kier molecular flexibility index (Phi) is 3.34. The quantitative estimate of drug-likeness (QED) is 0.527. The Balaban J connectivity index is 3.12. The monoisotopic (exact) mass is 242 g/mol. The largest absolute Gasteiger partial charge is 0.504 e. The molecule has 0 heterocycles. The van der Waals surface area contributed by atoms with Crippen LogP contribution in [-0.4, -0.2) is 28.8 Å². The molecule has 1 aromatic rings. The fourth-order valence-electron chi connectivity index (χ4n) is 1.08. The summed E-state index contributed by atoms with van der Waals surface area (Å²) in [6.07, 6.45) is -2.09. The minimum atomic E-state index is -2.68. The fourth-order valence-corrected chi connectivity index (χ4v) is 1.08. The summed E-state index contributed by atoms with van der Waals surface area (Å²) >= 11 is 0. The molecule has 0 saturated carbocycles. The van der Waals surface area contributed by atoms with Crippen LogP contribution in [-0.2, 0) is 15.9 Å². The summed E-state index contributed by atoms with van der Waals surface area (Å²) in [4.78, 5) is 11.7. The van der Waals surface area contributed by atoms with E-state index in [0.29, 0.717) is 6.42 Å². The van der Waals surface area contributed by atoms with Crippen LogP contribution in [0.2, 0.25) is 0 Å². The Hall–Kier alpha value is -1.75. The molecule has 0 bridgehead atoms. The number of carbonyl (C=O) groups is 1. The fraction of sp³-hybridized carbons (Fsp3) is 0.417. The Morgan fingerprint density at radius 3 is 2.88 bits per heavy atom. The predicted octanol–water partition coefficient (Wildman–Crippen LogP) is 0.921. The second-order valence-electron chi connectivity index (χ2n) is 3.38. The molecule has 0 aliphatic carbocycles. The molecule has 0 radical (unpaired) electrons. The van der Waals surface area contributed by atoms with E-state index in [0.717, 1.165) is 18.2 Å². The van der Waals surface area contributed by atoms with E-state index in [1.165, 1.54) is 0 Å². The van der Waals surface area contributed by atoms with E-state index < -0.39 is 29.9 Å². The van der Waals surface area contributed by atoms with Crippen LogP contribution in [0.1, 0.15) is 23.0 Å². The lowest BCUT2D eigenvalue weighted by molar-refractivity contribution is -0.145. The number of phenolic OH excluding ortho intramolecular Hbond substituents is 2. The highest BCUT2D eigenvalue weighted by molar-refractivity contribution is 5.75. The lowest BCUT2D eigenvalue weighted by Gasteiger charge is -2.11. The third kappa shape index (κ3) is 3.96. The number of esters is 1. The lowest BCUT2D eigenvalue weighted by Crippen LogP contribution is -2.34. The van der Waals surface area contributed by atoms with E-state index in [1.807, 2.05) is 0 Å². The van der Waals surface area contributed by atoms with Crippen molar-refractivity contribution in [2.45, 2.75) is 25.7 Å². The van der Waals surface area contributed by atoms with Crippen molar-refractivity contribution in [3.8, 4) is 11.5 Å². The second-order valence-corrected chi connectivity index (χ2v) is 3.38. The number of carbonyl (C=O) groups excluding carboxylic acids is 1. The number of aromatic hydroxyl groups is 2. The normalized spacial score (nSPS) is 17.4. The highest BCUT2D eigenvalue weighted by Crippen LogP contribution is 2.25. The van der Waals surface area contributed by atoms with Gasteiger partial charge >= 0.3 is 5.97 Å². The maximum atomic E-state index is 11.7. The van der Waals surface area contributed by atoms with Gasteiger partial charge in [-0.2, -0.15) is 0 Å². The van der Waals surface area contributed by atoms with Crippen LogP contribution in [0.4, 0.5) is 0 Å². The molecule has 0 spiro atoms. The average molecular weight is 242 g/mol. The van der Waals surface area contributed by atoms with Crippen LogP contribution < -0.4 is 5.73 Å². The number of ether oxygens (including phenoxy) is 1. The van der Waals surface area contributed by atoms with Crippen molar-refractivity contribution in [1.82, 2.24) is 0 Å². The first-order valence-corrected chi connectivity index (χ1v) is 5.13. The molecule has 4 N–H and O–H groups in total. The number of rotatable bonds is 5. The molecule has 1 rings (SSSR count). The van der Waals surface area contributed by atoms with Crippen molar-refractivity contribution in [3.63, 3.8) is 0 Å². The first-order valence-electron chi connectivity index (χ1n) is 6.63. The summed E-state index contributed by atoms with van der Waals surface area (Å²) in [7, 11) is 0. The van der Waals surface area contributed by atoms with Crippen molar-refractivity contribution in [1.29, 1.82) is 0 Å². The molecule has 1 atom stereocenters. The summed E-state index contributed by atoms with van der Waals surface area (Å²) in [5.41, 5.74) is 5.26. The molecular weight excluding hydrogens is 222 g/mol. The molecule has 5 heteroatoms. The zero-order chi connectivity index (χ0) is 15.6. The van der Waals surface area contributed by atoms with Gasteiger partial charge in [-0.05, 0) is 30.5 Å². The Morgan fingerprint density at radius 1 is 1.59 bits per heavy atom. The minimum absolute atomic E-state index is 0.0353. The second kappa shape index (κ2) is 6.10. The molecular formula is C12H17NO4. The summed E-state index contributed by atoms with van der Waals surface area (Å²) in [6, 6.07) is 0.429. The molecule has 0 aromatic heterocycles. The first-order chi connectivity index (χ1) is 9.14. The Labute approximate surface area is 104 Å². The molecule has 94 valence electrons. The van der Waals surface area contributed by atoms with E-state index >= 15 is 0 Å².